The molecule has 2 rings (SSSR count). The summed E-state index contributed by atoms with van der Waals surface area (Å²) >= 11 is 0. The summed E-state index contributed by atoms with van der Waals surface area (Å²) < 4.78 is 32.6. The fourth-order valence-electron chi connectivity index (χ4n) is 2.39. The first-order valence-corrected chi connectivity index (χ1v) is 8.41. The summed E-state index contributed by atoms with van der Waals surface area (Å²) in [6, 6.07) is 3.16. The SMILES string of the molecule is CCNS(=O)(=O)c1cc(C(C)C)c2c(c1)C(N)CCO2. The predicted molar refractivity (Wildman–Crippen MR) is 78.4 cm³/mol. The minimum atomic E-state index is -3.48. The van der Waals surface area contributed by atoms with Crippen molar-refractivity contribution < 1.29 is 13.2 Å². The van der Waals surface area contributed by atoms with Gasteiger partial charge in [0.05, 0.1) is 11.5 Å². The van der Waals surface area contributed by atoms with Crippen molar-refractivity contribution in [3.8, 4) is 5.75 Å². The summed E-state index contributed by atoms with van der Waals surface area (Å²) in [5.41, 5.74) is 7.79. The molecule has 0 bridgehead atoms. The smallest absolute Gasteiger partial charge is 0.240 e. The van der Waals surface area contributed by atoms with E-state index in [4.69, 9.17) is 10.5 Å². The summed E-state index contributed by atoms with van der Waals surface area (Å²) in [5.74, 6) is 0.931. The molecule has 1 aromatic carbocycles. The van der Waals surface area contributed by atoms with Crippen LogP contribution in [0.1, 0.15) is 50.3 Å². The molecule has 0 saturated heterocycles. The van der Waals surface area contributed by atoms with Crippen molar-refractivity contribution in [1.29, 1.82) is 0 Å². The van der Waals surface area contributed by atoms with Gasteiger partial charge >= 0.3 is 0 Å². The van der Waals surface area contributed by atoms with Crippen LogP contribution in [0.4, 0.5) is 0 Å². The van der Waals surface area contributed by atoms with E-state index >= 15 is 0 Å². The Hall–Kier alpha value is -1.11. The average molecular weight is 298 g/mol. The van der Waals surface area contributed by atoms with E-state index < -0.39 is 10.0 Å². The molecule has 112 valence electrons. The zero-order valence-corrected chi connectivity index (χ0v) is 13.0. The third-order valence-corrected chi connectivity index (χ3v) is 4.99. The zero-order valence-electron chi connectivity index (χ0n) is 12.1. The summed E-state index contributed by atoms with van der Waals surface area (Å²) in [4.78, 5) is 0.266. The largest absolute Gasteiger partial charge is 0.493 e. The highest BCUT2D eigenvalue weighted by molar-refractivity contribution is 7.89. The van der Waals surface area contributed by atoms with E-state index in [9.17, 15) is 8.42 Å². The van der Waals surface area contributed by atoms with E-state index in [1.54, 1.807) is 19.1 Å². The Bertz CT molecular complexity index is 579. The summed E-state index contributed by atoms with van der Waals surface area (Å²) in [5, 5.41) is 0. The van der Waals surface area contributed by atoms with Crippen LogP contribution in [0.25, 0.3) is 0 Å². The summed E-state index contributed by atoms with van der Waals surface area (Å²) in [6.07, 6.45) is 0.704. The Morgan fingerprint density at radius 1 is 1.45 bits per heavy atom. The fraction of sp³-hybridized carbons (Fsp3) is 0.571. The molecule has 1 aliphatic rings. The minimum Gasteiger partial charge on any atom is -0.493 e. The van der Waals surface area contributed by atoms with Gasteiger partial charge in [-0.2, -0.15) is 0 Å². The van der Waals surface area contributed by atoms with Gasteiger partial charge in [-0.3, -0.25) is 0 Å². The Morgan fingerprint density at radius 3 is 2.75 bits per heavy atom. The molecular weight excluding hydrogens is 276 g/mol. The van der Waals surface area contributed by atoms with Crippen molar-refractivity contribution in [3.05, 3.63) is 23.3 Å². The predicted octanol–water partition coefficient (Wildman–Crippen LogP) is 1.89. The zero-order chi connectivity index (χ0) is 14.9. The van der Waals surface area contributed by atoms with Gasteiger partial charge in [0.1, 0.15) is 5.75 Å². The first-order chi connectivity index (χ1) is 9.36. The average Bonchev–Trinajstić information content (AvgIpc) is 2.37. The quantitative estimate of drug-likeness (QED) is 0.889. The second-order valence-electron chi connectivity index (χ2n) is 5.33. The highest BCUT2D eigenvalue weighted by Crippen LogP contribution is 2.39. The van der Waals surface area contributed by atoms with Gasteiger partial charge in [0.15, 0.2) is 0 Å². The minimum absolute atomic E-state index is 0.172. The fourth-order valence-corrected chi connectivity index (χ4v) is 3.50. The molecule has 1 unspecified atom stereocenters. The van der Waals surface area contributed by atoms with E-state index in [0.29, 0.717) is 19.6 Å². The molecule has 0 aromatic heterocycles. The Morgan fingerprint density at radius 2 is 2.15 bits per heavy atom. The van der Waals surface area contributed by atoms with Gasteiger partial charge in [0.2, 0.25) is 10.0 Å². The van der Waals surface area contributed by atoms with Crippen LogP contribution < -0.4 is 15.2 Å². The maximum Gasteiger partial charge on any atom is 0.240 e. The lowest BCUT2D eigenvalue weighted by Crippen LogP contribution is -2.26. The number of hydrogen-bond acceptors (Lipinski definition) is 4. The molecule has 0 radical (unpaired) electrons. The third-order valence-electron chi connectivity index (χ3n) is 3.46. The van der Waals surface area contributed by atoms with Crippen LogP contribution in [-0.2, 0) is 10.0 Å². The standard InChI is InChI=1S/C14H22N2O3S/c1-4-16-20(17,18)10-7-11(9(2)3)14-12(8-10)13(15)5-6-19-14/h7-9,13,16H,4-6,15H2,1-3H3. The van der Waals surface area contributed by atoms with Gasteiger partial charge in [-0.1, -0.05) is 20.8 Å². The topological polar surface area (TPSA) is 81.4 Å². The monoisotopic (exact) mass is 298 g/mol. The number of rotatable bonds is 4. The van der Waals surface area contributed by atoms with Crippen LogP contribution in [0.5, 0.6) is 5.75 Å². The number of fused-ring (bicyclic) bond motifs is 1. The van der Waals surface area contributed by atoms with Crippen LogP contribution in [0.3, 0.4) is 0 Å². The number of sulfonamides is 1. The van der Waals surface area contributed by atoms with Gasteiger partial charge in [0, 0.05) is 24.6 Å². The molecule has 0 spiro atoms. The summed E-state index contributed by atoms with van der Waals surface area (Å²) in [7, 11) is -3.48. The molecule has 3 N–H and O–H groups in total. The normalized spacial score (nSPS) is 18.8. The van der Waals surface area contributed by atoms with Crippen molar-refractivity contribution in [3.63, 3.8) is 0 Å². The molecule has 0 saturated carbocycles. The maximum absolute atomic E-state index is 12.2. The highest BCUT2D eigenvalue weighted by atomic mass is 32.2. The second kappa shape index (κ2) is 5.71. The Kier molecular flexibility index (Phi) is 4.36. The molecule has 5 nitrogen and oxygen atoms in total. The van der Waals surface area contributed by atoms with Crippen LogP contribution in [0, 0.1) is 0 Å². The van der Waals surface area contributed by atoms with Crippen molar-refractivity contribution in [2.24, 2.45) is 5.73 Å². The van der Waals surface area contributed by atoms with Crippen LogP contribution >= 0.6 is 0 Å². The number of nitrogens with one attached hydrogen (secondary N) is 1. The number of nitrogens with two attached hydrogens (primary N) is 1. The van der Waals surface area contributed by atoms with Gasteiger partial charge in [-0.05, 0) is 23.6 Å². The van der Waals surface area contributed by atoms with E-state index in [0.717, 1.165) is 16.9 Å². The summed E-state index contributed by atoms with van der Waals surface area (Å²) in [6.45, 7) is 6.73. The van der Waals surface area contributed by atoms with E-state index in [1.165, 1.54) is 0 Å². The van der Waals surface area contributed by atoms with Crippen molar-refractivity contribution >= 4 is 10.0 Å². The van der Waals surface area contributed by atoms with Crippen LogP contribution in [-0.4, -0.2) is 21.6 Å². The van der Waals surface area contributed by atoms with Gasteiger partial charge in [-0.15, -0.1) is 0 Å². The molecule has 6 heteroatoms. The molecule has 1 aliphatic heterocycles. The first-order valence-electron chi connectivity index (χ1n) is 6.92. The van der Waals surface area contributed by atoms with E-state index in [-0.39, 0.29) is 16.9 Å². The number of ether oxygens (including phenoxy) is 1. The van der Waals surface area contributed by atoms with Gasteiger partial charge in [0.25, 0.3) is 0 Å². The number of benzene rings is 1. The third kappa shape index (κ3) is 2.82. The molecule has 0 aliphatic carbocycles. The maximum atomic E-state index is 12.2. The lowest BCUT2D eigenvalue weighted by atomic mass is 9.93. The van der Waals surface area contributed by atoms with Gasteiger partial charge < -0.3 is 10.5 Å². The highest BCUT2D eigenvalue weighted by Gasteiger charge is 2.26. The molecule has 1 heterocycles. The van der Waals surface area contributed by atoms with Gasteiger partial charge in [-0.25, -0.2) is 13.1 Å². The first kappa shape index (κ1) is 15.3. The lowest BCUT2D eigenvalue weighted by molar-refractivity contribution is 0.264. The Labute approximate surface area is 120 Å². The lowest BCUT2D eigenvalue weighted by Gasteiger charge is -2.27. The van der Waals surface area contributed by atoms with Crippen LogP contribution in [0.15, 0.2) is 17.0 Å². The van der Waals surface area contributed by atoms with E-state index in [2.05, 4.69) is 4.72 Å². The van der Waals surface area contributed by atoms with Crippen molar-refractivity contribution in [1.82, 2.24) is 4.72 Å². The Balaban J connectivity index is 2.62. The van der Waals surface area contributed by atoms with Crippen molar-refractivity contribution in [2.45, 2.75) is 44.0 Å². The molecular formula is C14H22N2O3S. The molecule has 1 atom stereocenters. The number of hydrogen-bond donors (Lipinski definition) is 2. The van der Waals surface area contributed by atoms with Crippen LogP contribution in [0.2, 0.25) is 0 Å². The molecule has 0 fully saturated rings. The molecule has 1 aromatic rings. The molecule has 0 amide bonds. The molecule has 20 heavy (non-hydrogen) atoms. The van der Waals surface area contributed by atoms with E-state index in [1.807, 2.05) is 13.8 Å². The van der Waals surface area contributed by atoms with Crippen molar-refractivity contribution in [2.75, 3.05) is 13.2 Å². The second-order valence-corrected chi connectivity index (χ2v) is 7.10.